The SMILES string of the molecule is CC1CN(c2ccc(Nc3nccc(N(Cc4cc(Cl)ccc4F)C(=O)O)n3)cc2F)CCN1C. The normalized spacial score (nSPS) is 16.3. The van der Waals surface area contributed by atoms with Crippen LogP contribution in [0.5, 0.6) is 0 Å². The van der Waals surface area contributed by atoms with Crippen molar-refractivity contribution in [1.29, 1.82) is 0 Å². The maximum Gasteiger partial charge on any atom is 0.413 e. The van der Waals surface area contributed by atoms with E-state index < -0.39 is 11.9 Å². The molecule has 4 rings (SSSR count). The van der Waals surface area contributed by atoms with Gasteiger partial charge < -0.3 is 20.2 Å². The third-order valence-electron chi connectivity index (χ3n) is 5.99. The lowest BCUT2D eigenvalue weighted by Crippen LogP contribution is -2.50. The number of nitrogens with one attached hydrogen (secondary N) is 1. The number of nitrogens with zero attached hydrogens (tertiary/aromatic N) is 5. The predicted octanol–water partition coefficient (Wildman–Crippen LogP) is 4.98. The van der Waals surface area contributed by atoms with Crippen molar-refractivity contribution >= 4 is 40.8 Å². The number of carboxylic acid groups (broad SMARTS) is 1. The van der Waals surface area contributed by atoms with E-state index in [0.717, 1.165) is 24.5 Å². The first kappa shape index (κ1) is 24.6. The van der Waals surface area contributed by atoms with Gasteiger partial charge in [0.1, 0.15) is 17.5 Å². The van der Waals surface area contributed by atoms with Crippen molar-refractivity contribution in [3.63, 3.8) is 0 Å². The summed E-state index contributed by atoms with van der Waals surface area (Å²) >= 11 is 5.92. The molecule has 8 nitrogen and oxygen atoms in total. The number of hydrogen-bond acceptors (Lipinski definition) is 6. The molecule has 1 aliphatic rings. The lowest BCUT2D eigenvalue weighted by molar-refractivity contribution is 0.201. The van der Waals surface area contributed by atoms with E-state index in [4.69, 9.17) is 11.6 Å². The van der Waals surface area contributed by atoms with Gasteiger partial charge in [-0.15, -0.1) is 0 Å². The number of benzene rings is 2. The third kappa shape index (κ3) is 5.77. The van der Waals surface area contributed by atoms with Gasteiger partial charge in [0.2, 0.25) is 5.95 Å². The van der Waals surface area contributed by atoms with Gasteiger partial charge in [0.15, 0.2) is 0 Å². The minimum absolute atomic E-state index is 0.0258. The Bertz CT molecular complexity index is 1230. The van der Waals surface area contributed by atoms with Gasteiger partial charge in [-0.1, -0.05) is 11.6 Å². The highest BCUT2D eigenvalue weighted by Crippen LogP contribution is 2.27. The molecule has 1 fully saturated rings. The zero-order valence-corrected chi connectivity index (χ0v) is 20.0. The van der Waals surface area contributed by atoms with Crippen molar-refractivity contribution in [2.75, 3.05) is 41.8 Å². The average Bonchev–Trinajstić information content (AvgIpc) is 2.81. The molecule has 0 aliphatic carbocycles. The van der Waals surface area contributed by atoms with Crippen LogP contribution in [-0.2, 0) is 6.54 Å². The van der Waals surface area contributed by atoms with Crippen molar-refractivity contribution in [3.8, 4) is 0 Å². The fourth-order valence-corrected chi connectivity index (χ4v) is 4.07. The molecule has 1 aliphatic heterocycles. The summed E-state index contributed by atoms with van der Waals surface area (Å²) < 4.78 is 29.1. The predicted molar refractivity (Wildman–Crippen MR) is 132 cm³/mol. The van der Waals surface area contributed by atoms with Crippen LogP contribution in [0.25, 0.3) is 0 Å². The Balaban J connectivity index is 1.52. The molecule has 1 amide bonds. The average molecular weight is 503 g/mol. The number of anilines is 4. The van der Waals surface area contributed by atoms with E-state index in [1.54, 1.807) is 12.1 Å². The Morgan fingerprint density at radius 1 is 1.20 bits per heavy atom. The van der Waals surface area contributed by atoms with Crippen LogP contribution in [0.1, 0.15) is 12.5 Å². The number of halogens is 3. The van der Waals surface area contributed by atoms with E-state index >= 15 is 0 Å². The zero-order valence-electron chi connectivity index (χ0n) is 19.3. The molecule has 2 heterocycles. The molecule has 3 aromatic rings. The monoisotopic (exact) mass is 502 g/mol. The van der Waals surface area contributed by atoms with Crippen LogP contribution in [-0.4, -0.2) is 58.8 Å². The number of likely N-dealkylation sites (N-methyl/N-ethyl adjacent to an activating group) is 1. The quantitative estimate of drug-likeness (QED) is 0.492. The second kappa shape index (κ2) is 10.4. The summed E-state index contributed by atoms with van der Waals surface area (Å²) in [6.45, 7) is 4.11. The van der Waals surface area contributed by atoms with Crippen LogP contribution < -0.4 is 15.1 Å². The van der Waals surface area contributed by atoms with Gasteiger partial charge in [0.25, 0.3) is 0 Å². The molecule has 1 unspecified atom stereocenters. The van der Waals surface area contributed by atoms with Gasteiger partial charge in [0, 0.05) is 48.1 Å². The van der Waals surface area contributed by atoms with Gasteiger partial charge in [0.05, 0.1) is 12.2 Å². The highest BCUT2D eigenvalue weighted by Gasteiger charge is 2.23. The molecule has 2 aromatic carbocycles. The highest BCUT2D eigenvalue weighted by atomic mass is 35.5. The standard InChI is InChI=1S/C24H25ClF2N6O2/c1-15-13-32(10-9-31(15)2)21-6-4-18(12-20(21)27)29-23-28-8-7-22(30-23)33(24(34)35)14-16-11-17(25)3-5-19(16)26/h3-8,11-12,15H,9-10,13-14H2,1-2H3,(H,34,35)(H,28,29,30). The van der Waals surface area contributed by atoms with Crippen molar-refractivity contribution in [2.24, 2.45) is 0 Å². The summed E-state index contributed by atoms with van der Waals surface area (Å²) in [4.78, 5) is 25.3. The van der Waals surface area contributed by atoms with Crippen LogP contribution in [0.2, 0.25) is 5.02 Å². The van der Waals surface area contributed by atoms with Gasteiger partial charge in [-0.05, 0) is 56.4 Å². The number of rotatable bonds is 6. The zero-order chi connectivity index (χ0) is 25.1. The van der Waals surface area contributed by atoms with Crippen molar-refractivity contribution in [1.82, 2.24) is 14.9 Å². The van der Waals surface area contributed by atoms with Gasteiger partial charge in [-0.3, -0.25) is 4.90 Å². The number of carbonyl (C=O) groups is 1. The summed E-state index contributed by atoms with van der Waals surface area (Å²) in [5.41, 5.74) is 1.03. The lowest BCUT2D eigenvalue weighted by Gasteiger charge is -2.39. The van der Waals surface area contributed by atoms with Crippen LogP contribution >= 0.6 is 11.6 Å². The van der Waals surface area contributed by atoms with E-state index in [1.165, 1.54) is 36.5 Å². The second-order valence-electron chi connectivity index (χ2n) is 8.41. The summed E-state index contributed by atoms with van der Waals surface area (Å²) in [5.74, 6) is -0.872. The van der Waals surface area contributed by atoms with E-state index in [-0.39, 0.29) is 34.7 Å². The number of hydrogen-bond donors (Lipinski definition) is 2. The van der Waals surface area contributed by atoms with Gasteiger partial charge in [-0.25, -0.2) is 18.6 Å². The first-order chi connectivity index (χ1) is 16.7. The fraction of sp³-hybridized carbons (Fsp3) is 0.292. The maximum atomic E-state index is 14.9. The molecule has 1 atom stereocenters. The molecule has 0 radical (unpaired) electrons. The molecule has 2 N–H and O–H groups in total. The van der Waals surface area contributed by atoms with Gasteiger partial charge in [-0.2, -0.15) is 4.98 Å². The Hall–Kier alpha value is -3.50. The molecule has 1 saturated heterocycles. The second-order valence-corrected chi connectivity index (χ2v) is 8.85. The lowest BCUT2D eigenvalue weighted by atomic mass is 10.1. The van der Waals surface area contributed by atoms with Crippen LogP contribution in [0.4, 0.5) is 36.7 Å². The first-order valence-electron chi connectivity index (χ1n) is 11.0. The number of amides is 1. The summed E-state index contributed by atoms with van der Waals surface area (Å²) in [6, 6.07) is 10.4. The molecule has 0 spiro atoms. The van der Waals surface area contributed by atoms with Crippen LogP contribution in [0.3, 0.4) is 0 Å². The molecular formula is C24H25ClF2N6O2. The molecule has 0 bridgehead atoms. The Kier molecular flexibility index (Phi) is 7.32. The summed E-state index contributed by atoms with van der Waals surface area (Å²) in [7, 11) is 2.05. The van der Waals surface area contributed by atoms with Crippen LogP contribution in [0, 0.1) is 11.6 Å². The van der Waals surface area contributed by atoms with Gasteiger partial charge >= 0.3 is 6.09 Å². The summed E-state index contributed by atoms with van der Waals surface area (Å²) in [5, 5.41) is 12.9. The molecule has 11 heteroatoms. The van der Waals surface area contributed by atoms with Crippen LogP contribution in [0.15, 0.2) is 48.7 Å². The molecule has 184 valence electrons. The molecule has 1 aromatic heterocycles. The topological polar surface area (TPSA) is 84.8 Å². The number of aromatic nitrogens is 2. The van der Waals surface area contributed by atoms with Crippen molar-refractivity contribution in [3.05, 3.63) is 70.9 Å². The largest absolute Gasteiger partial charge is 0.465 e. The van der Waals surface area contributed by atoms with E-state index in [2.05, 4.69) is 34.2 Å². The molecule has 0 saturated carbocycles. The Morgan fingerprint density at radius 2 is 2.00 bits per heavy atom. The highest BCUT2D eigenvalue weighted by molar-refractivity contribution is 6.30. The van der Waals surface area contributed by atoms with Crippen molar-refractivity contribution < 1.29 is 18.7 Å². The van der Waals surface area contributed by atoms with E-state index in [0.29, 0.717) is 17.4 Å². The Morgan fingerprint density at radius 3 is 2.71 bits per heavy atom. The van der Waals surface area contributed by atoms with E-state index in [1.807, 2.05) is 4.90 Å². The molecule has 35 heavy (non-hydrogen) atoms. The fourth-order valence-electron chi connectivity index (χ4n) is 3.88. The minimum Gasteiger partial charge on any atom is -0.465 e. The number of piperazine rings is 1. The minimum atomic E-state index is -1.33. The third-order valence-corrected chi connectivity index (χ3v) is 6.22. The summed E-state index contributed by atoms with van der Waals surface area (Å²) in [6.07, 6.45) is 0.0384. The smallest absolute Gasteiger partial charge is 0.413 e. The first-order valence-corrected chi connectivity index (χ1v) is 11.4. The molecular weight excluding hydrogens is 478 g/mol. The van der Waals surface area contributed by atoms with Crippen molar-refractivity contribution in [2.45, 2.75) is 19.5 Å². The van der Waals surface area contributed by atoms with E-state index in [9.17, 15) is 18.7 Å². The Labute approximate surface area is 206 Å². The maximum absolute atomic E-state index is 14.9.